The Balaban J connectivity index is 2.01. The maximum Gasteiger partial charge on any atom is 0.176 e. The van der Waals surface area contributed by atoms with Crippen LogP contribution in [0.3, 0.4) is 0 Å². The molecule has 1 aromatic heterocycles. The van der Waals surface area contributed by atoms with Crippen molar-refractivity contribution in [2.45, 2.75) is 20.4 Å². The van der Waals surface area contributed by atoms with Gasteiger partial charge in [-0.3, -0.25) is 14.7 Å². The largest absolute Gasteiger partial charge is 0.293 e. The fourth-order valence-electron chi connectivity index (χ4n) is 2.13. The van der Waals surface area contributed by atoms with E-state index in [2.05, 4.69) is 4.98 Å². The molecule has 21 heavy (non-hydrogen) atoms. The van der Waals surface area contributed by atoms with Gasteiger partial charge < -0.3 is 0 Å². The number of carbonyl (C=O) groups excluding carboxylic acids is 1. The number of halogens is 1. The van der Waals surface area contributed by atoms with Crippen molar-refractivity contribution >= 4 is 5.78 Å². The van der Waals surface area contributed by atoms with Crippen molar-refractivity contribution in [3.05, 3.63) is 65.2 Å². The molecule has 0 bridgehead atoms. The first kappa shape index (κ1) is 15.3. The van der Waals surface area contributed by atoms with Gasteiger partial charge in [0.1, 0.15) is 5.82 Å². The highest BCUT2D eigenvalue weighted by molar-refractivity contribution is 5.97. The zero-order valence-corrected chi connectivity index (χ0v) is 12.3. The highest BCUT2D eigenvalue weighted by atomic mass is 19.1. The van der Waals surface area contributed by atoms with Crippen molar-refractivity contribution in [2.24, 2.45) is 0 Å². The molecule has 1 heterocycles. The number of aromatic nitrogens is 1. The molecular weight excluding hydrogens is 267 g/mol. The molecule has 4 heteroatoms. The fraction of sp³-hybridized carbons (Fsp3) is 0.294. The number of hydrogen-bond donors (Lipinski definition) is 0. The van der Waals surface area contributed by atoms with E-state index in [1.54, 1.807) is 0 Å². The van der Waals surface area contributed by atoms with Gasteiger partial charge in [0.15, 0.2) is 5.78 Å². The summed E-state index contributed by atoms with van der Waals surface area (Å²) in [6.07, 6.45) is 0. The van der Waals surface area contributed by atoms with Crippen LogP contribution in [0.5, 0.6) is 0 Å². The van der Waals surface area contributed by atoms with Crippen LogP contribution < -0.4 is 0 Å². The van der Waals surface area contributed by atoms with Crippen LogP contribution in [0.2, 0.25) is 0 Å². The van der Waals surface area contributed by atoms with Gasteiger partial charge in [0, 0.05) is 17.8 Å². The second-order valence-electron chi connectivity index (χ2n) is 5.00. The van der Waals surface area contributed by atoms with E-state index in [1.807, 2.05) is 36.9 Å². The quantitative estimate of drug-likeness (QED) is 0.764. The predicted octanol–water partition coefficient (Wildman–Crippen LogP) is 3.23. The van der Waals surface area contributed by atoms with Gasteiger partial charge in [-0.15, -0.1) is 0 Å². The molecule has 0 aliphatic rings. The van der Waals surface area contributed by atoms with Crippen molar-refractivity contribution in [3.8, 4) is 0 Å². The summed E-state index contributed by atoms with van der Waals surface area (Å²) in [4.78, 5) is 18.7. The van der Waals surface area contributed by atoms with Crippen molar-refractivity contribution in [3.63, 3.8) is 0 Å². The SMILES string of the molecule is CCN(CC(=O)c1ccc(F)cc1)Cc1cccc(C)n1. The average Bonchev–Trinajstić information content (AvgIpc) is 2.47. The lowest BCUT2D eigenvalue weighted by Crippen LogP contribution is -2.29. The summed E-state index contributed by atoms with van der Waals surface area (Å²) in [6, 6.07) is 11.5. The Morgan fingerprint density at radius 2 is 1.90 bits per heavy atom. The summed E-state index contributed by atoms with van der Waals surface area (Å²) in [5, 5.41) is 0. The number of aryl methyl sites for hydroxylation is 1. The van der Waals surface area contributed by atoms with E-state index in [9.17, 15) is 9.18 Å². The molecule has 3 nitrogen and oxygen atoms in total. The Kier molecular flexibility index (Phi) is 5.17. The third-order valence-corrected chi connectivity index (χ3v) is 3.31. The van der Waals surface area contributed by atoms with Crippen LogP contribution in [0, 0.1) is 12.7 Å². The molecule has 0 atom stereocenters. The van der Waals surface area contributed by atoms with Gasteiger partial charge in [0.2, 0.25) is 0 Å². The van der Waals surface area contributed by atoms with E-state index < -0.39 is 0 Å². The smallest absolute Gasteiger partial charge is 0.176 e. The minimum Gasteiger partial charge on any atom is -0.293 e. The van der Waals surface area contributed by atoms with Crippen molar-refractivity contribution in [2.75, 3.05) is 13.1 Å². The van der Waals surface area contributed by atoms with Crippen LogP contribution in [0.25, 0.3) is 0 Å². The van der Waals surface area contributed by atoms with Gasteiger partial charge >= 0.3 is 0 Å². The Morgan fingerprint density at radius 3 is 2.52 bits per heavy atom. The summed E-state index contributed by atoms with van der Waals surface area (Å²) < 4.78 is 12.9. The highest BCUT2D eigenvalue weighted by Crippen LogP contribution is 2.07. The molecule has 0 saturated heterocycles. The molecule has 0 aliphatic carbocycles. The number of Topliss-reactive ketones (excluding diaryl/α,β-unsaturated/α-hetero) is 1. The minimum absolute atomic E-state index is 0.00972. The molecule has 0 aliphatic heterocycles. The van der Waals surface area contributed by atoms with Crippen LogP contribution in [-0.4, -0.2) is 28.8 Å². The summed E-state index contributed by atoms with van der Waals surface area (Å²) in [7, 11) is 0. The summed E-state index contributed by atoms with van der Waals surface area (Å²) in [5.41, 5.74) is 2.45. The monoisotopic (exact) mass is 286 g/mol. The number of carbonyl (C=O) groups is 1. The molecule has 0 spiro atoms. The molecule has 0 radical (unpaired) electrons. The first-order valence-electron chi connectivity index (χ1n) is 7.02. The second kappa shape index (κ2) is 7.09. The third-order valence-electron chi connectivity index (χ3n) is 3.31. The number of ketones is 1. The van der Waals surface area contributed by atoms with Gasteiger partial charge in [0.05, 0.1) is 12.2 Å². The standard InChI is InChI=1S/C17H19FN2O/c1-3-20(11-16-6-4-5-13(2)19-16)12-17(21)14-7-9-15(18)10-8-14/h4-10H,3,11-12H2,1-2H3. The topological polar surface area (TPSA) is 33.2 Å². The molecule has 0 N–H and O–H groups in total. The minimum atomic E-state index is -0.331. The Hall–Kier alpha value is -2.07. The zero-order chi connectivity index (χ0) is 15.2. The van der Waals surface area contributed by atoms with Gasteiger partial charge in [-0.1, -0.05) is 13.0 Å². The maximum absolute atomic E-state index is 12.9. The number of nitrogens with zero attached hydrogens (tertiary/aromatic N) is 2. The normalized spacial score (nSPS) is 10.9. The number of hydrogen-bond acceptors (Lipinski definition) is 3. The number of likely N-dealkylation sites (N-methyl/N-ethyl adjacent to an activating group) is 1. The average molecular weight is 286 g/mol. The maximum atomic E-state index is 12.9. The van der Waals surface area contributed by atoms with Crippen LogP contribution >= 0.6 is 0 Å². The summed E-state index contributed by atoms with van der Waals surface area (Å²) in [5.74, 6) is -0.340. The molecule has 1 aromatic carbocycles. The van der Waals surface area contributed by atoms with Crippen LogP contribution in [0.1, 0.15) is 28.7 Å². The first-order valence-corrected chi connectivity index (χ1v) is 7.02. The molecule has 0 saturated carbocycles. The molecule has 0 unspecified atom stereocenters. The Labute approximate surface area is 124 Å². The molecular formula is C17H19FN2O. The lowest BCUT2D eigenvalue weighted by molar-refractivity contribution is 0.0928. The number of rotatable bonds is 6. The number of benzene rings is 1. The second-order valence-corrected chi connectivity index (χ2v) is 5.00. The van der Waals surface area contributed by atoms with Crippen molar-refractivity contribution < 1.29 is 9.18 Å². The lowest BCUT2D eigenvalue weighted by atomic mass is 10.1. The van der Waals surface area contributed by atoms with Crippen molar-refractivity contribution in [1.29, 1.82) is 0 Å². The van der Waals surface area contributed by atoms with E-state index in [0.717, 1.165) is 17.9 Å². The van der Waals surface area contributed by atoms with E-state index in [-0.39, 0.29) is 11.6 Å². The van der Waals surface area contributed by atoms with Crippen LogP contribution in [0.4, 0.5) is 4.39 Å². The Morgan fingerprint density at radius 1 is 1.19 bits per heavy atom. The van der Waals surface area contributed by atoms with Crippen molar-refractivity contribution in [1.82, 2.24) is 9.88 Å². The first-order chi connectivity index (χ1) is 10.1. The van der Waals surface area contributed by atoms with E-state index in [1.165, 1.54) is 24.3 Å². The van der Waals surface area contributed by atoms with Crippen LogP contribution in [0.15, 0.2) is 42.5 Å². The Bertz CT molecular complexity index is 610. The van der Waals surface area contributed by atoms with Crippen LogP contribution in [-0.2, 0) is 6.54 Å². The third kappa shape index (κ3) is 4.46. The molecule has 0 amide bonds. The van der Waals surface area contributed by atoms with E-state index in [4.69, 9.17) is 0 Å². The van der Waals surface area contributed by atoms with E-state index >= 15 is 0 Å². The zero-order valence-electron chi connectivity index (χ0n) is 12.3. The van der Waals surface area contributed by atoms with Gasteiger partial charge in [-0.05, 0) is 49.9 Å². The summed E-state index contributed by atoms with van der Waals surface area (Å²) in [6.45, 7) is 5.64. The highest BCUT2D eigenvalue weighted by Gasteiger charge is 2.12. The van der Waals surface area contributed by atoms with E-state index in [0.29, 0.717) is 18.7 Å². The molecule has 110 valence electrons. The van der Waals surface area contributed by atoms with Gasteiger partial charge in [-0.2, -0.15) is 0 Å². The lowest BCUT2D eigenvalue weighted by Gasteiger charge is -2.19. The molecule has 2 rings (SSSR count). The number of pyridine rings is 1. The fourth-order valence-corrected chi connectivity index (χ4v) is 2.13. The predicted molar refractivity (Wildman–Crippen MR) is 80.7 cm³/mol. The summed E-state index contributed by atoms with van der Waals surface area (Å²) >= 11 is 0. The molecule has 0 fully saturated rings. The van der Waals surface area contributed by atoms with Gasteiger partial charge in [0.25, 0.3) is 0 Å². The molecule has 2 aromatic rings. The van der Waals surface area contributed by atoms with Gasteiger partial charge in [-0.25, -0.2) is 4.39 Å².